The van der Waals surface area contributed by atoms with Crippen LogP contribution in [0.4, 0.5) is 0 Å². The standard InChI is InChI=1S/C21H32O17/c22-4-7-3-10(25)21(38-37-20-17(31)15(29)13(27)9(6-24)34-20)1-2-32-18(11(7)21)35-36-19-16(30)14(28)12(26)8(5-23)33-19/h1-3,8-20,22-31H,4-6H2/t8-,9-,10+,11-,12+,13+,14-,15-,16+,17+,18-,19+,20+,21+/m0/s1. The number of hydrogen-bond donors (Lipinski definition) is 10. The molecule has 0 amide bonds. The van der Waals surface area contributed by atoms with E-state index in [2.05, 4.69) is 0 Å². The van der Waals surface area contributed by atoms with E-state index < -0.39 is 105 Å². The van der Waals surface area contributed by atoms with Crippen molar-refractivity contribution in [3.8, 4) is 0 Å². The lowest BCUT2D eigenvalue weighted by Gasteiger charge is -2.44. The topological polar surface area (TPSA) is 267 Å². The third-order valence-corrected chi connectivity index (χ3v) is 6.95. The summed E-state index contributed by atoms with van der Waals surface area (Å²) >= 11 is 0. The van der Waals surface area contributed by atoms with Gasteiger partial charge >= 0.3 is 0 Å². The first-order valence-corrected chi connectivity index (χ1v) is 11.7. The van der Waals surface area contributed by atoms with Crippen molar-refractivity contribution < 1.29 is 84.8 Å². The summed E-state index contributed by atoms with van der Waals surface area (Å²) in [6.45, 7) is -2.06. The van der Waals surface area contributed by atoms with E-state index in [0.29, 0.717) is 0 Å². The molecule has 14 atom stereocenters. The lowest BCUT2D eigenvalue weighted by atomic mass is 9.83. The summed E-state index contributed by atoms with van der Waals surface area (Å²) in [5.41, 5.74) is -1.76. The van der Waals surface area contributed by atoms with Gasteiger partial charge in [-0.3, -0.25) is 0 Å². The molecule has 218 valence electrons. The van der Waals surface area contributed by atoms with Crippen LogP contribution in [0.5, 0.6) is 0 Å². The molecule has 17 nitrogen and oxygen atoms in total. The average molecular weight is 556 g/mol. The Labute approximate surface area is 214 Å². The lowest BCUT2D eigenvalue weighted by molar-refractivity contribution is -0.490. The molecule has 2 saturated heterocycles. The first-order chi connectivity index (χ1) is 18.1. The maximum Gasteiger partial charge on any atom is 0.240 e. The van der Waals surface area contributed by atoms with Crippen LogP contribution in [0.25, 0.3) is 0 Å². The molecule has 0 unspecified atom stereocenters. The van der Waals surface area contributed by atoms with Crippen molar-refractivity contribution in [3.63, 3.8) is 0 Å². The van der Waals surface area contributed by atoms with Crippen molar-refractivity contribution in [1.82, 2.24) is 0 Å². The minimum atomic E-state index is -1.89. The third kappa shape index (κ3) is 5.22. The lowest BCUT2D eigenvalue weighted by Crippen LogP contribution is -2.61. The van der Waals surface area contributed by atoms with Crippen molar-refractivity contribution in [2.75, 3.05) is 19.8 Å². The normalized spacial score (nSPS) is 48.9. The number of fused-ring (bicyclic) bond motifs is 1. The Hall–Kier alpha value is -1.36. The van der Waals surface area contributed by atoms with Gasteiger partial charge in [-0.2, -0.15) is 9.78 Å². The van der Waals surface area contributed by atoms with Gasteiger partial charge < -0.3 is 65.3 Å². The number of aliphatic hydroxyl groups excluding tert-OH is 10. The summed E-state index contributed by atoms with van der Waals surface area (Å²) in [5.74, 6) is -1.21. The fourth-order valence-electron chi connectivity index (χ4n) is 4.69. The van der Waals surface area contributed by atoms with Crippen molar-refractivity contribution in [1.29, 1.82) is 0 Å². The van der Waals surface area contributed by atoms with Gasteiger partial charge in [-0.1, -0.05) is 6.08 Å². The maximum atomic E-state index is 10.8. The van der Waals surface area contributed by atoms with Crippen LogP contribution >= 0.6 is 0 Å². The van der Waals surface area contributed by atoms with Crippen LogP contribution in [0.15, 0.2) is 24.0 Å². The molecule has 2 fully saturated rings. The van der Waals surface area contributed by atoms with Crippen molar-refractivity contribution in [3.05, 3.63) is 24.0 Å². The summed E-state index contributed by atoms with van der Waals surface area (Å²) in [5, 5.41) is 99.5. The monoisotopic (exact) mass is 556 g/mol. The number of ether oxygens (including phenoxy) is 3. The Bertz CT molecular complexity index is 852. The quantitative estimate of drug-likeness (QED) is 0.0719. The van der Waals surface area contributed by atoms with E-state index in [1.165, 1.54) is 12.2 Å². The van der Waals surface area contributed by atoms with Crippen LogP contribution in [-0.2, 0) is 33.8 Å². The highest BCUT2D eigenvalue weighted by atomic mass is 17.3. The zero-order valence-corrected chi connectivity index (χ0v) is 19.7. The highest BCUT2D eigenvalue weighted by Gasteiger charge is 2.59. The smallest absolute Gasteiger partial charge is 0.240 e. The van der Waals surface area contributed by atoms with Gasteiger partial charge in [0.25, 0.3) is 0 Å². The molecular formula is C21H32O17. The van der Waals surface area contributed by atoms with E-state index in [1.807, 2.05) is 0 Å². The van der Waals surface area contributed by atoms with Gasteiger partial charge in [-0.15, -0.1) is 0 Å². The summed E-state index contributed by atoms with van der Waals surface area (Å²) in [6, 6.07) is 0. The van der Waals surface area contributed by atoms with Crippen molar-refractivity contribution >= 4 is 0 Å². The molecule has 17 heteroatoms. The molecule has 1 aliphatic carbocycles. The summed E-state index contributed by atoms with van der Waals surface area (Å²) in [6.07, 6.45) is -16.0. The zero-order chi connectivity index (χ0) is 27.8. The Morgan fingerprint density at radius 3 is 1.74 bits per heavy atom. The summed E-state index contributed by atoms with van der Waals surface area (Å²) in [4.78, 5) is 21.0. The highest BCUT2D eigenvalue weighted by molar-refractivity contribution is 5.33. The fourth-order valence-corrected chi connectivity index (χ4v) is 4.69. The number of rotatable bonds is 9. The second-order valence-electron chi connectivity index (χ2n) is 9.25. The van der Waals surface area contributed by atoms with E-state index in [9.17, 15) is 51.1 Å². The average Bonchev–Trinajstić information content (AvgIpc) is 3.21. The van der Waals surface area contributed by atoms with Gasteiger partial charge in [0.15, 0.2) is 5.60 Å². The molecule has 10 N–H and O–H groups in total. The minimum absolute atomic E-state index is 0.127. The van der Waals surface area contributed by atoms with E-state index in [4.69, 9.17) is 33.8 Å². The molecule has 0 spiro atoms. The Morgan fingerprint density at radius 1 is 0.684 bits per heavy atom. The van der Waals surface area contributed by atoms with Gasteiger partial charge in [0.05, 0.1) is 32.0 Å². The summed E-state index contributed by atoms with van der Waals surface area (Å²) < 4.78 is 15.8. The molecule has 3 heterocycles. The molecule has 4 aliphatic rings. The highest BCUT2D eigenvalue weighted by Crippen LogP contribution is 2.46. The van der Waals surface area contributed by atoms with Gasteiger partial charge in [0.1, 0.15) is 54.9 Å². The fraction of sp³-hybridized carbons (Fsp3) is 0.810. The Kier molecular flexibility index (Phi) is 9.37. The second-order valence-corrected chi connectivity index (χ2v) is 9.25. The molecule has 0 radical (unpaired) electrons. The number of aliphatic hydroxyl groups is 10. The van der Waals surface area contributed by atoms with Crippen LogP contribution in [0.2, 0.25) is 0 Å². The van der Waals surface area contributed by atoms with E-state index in [0.717, 1.165) is 6.26 Å². The molecule has 0 aromatic carbocycles. The molecule has 38 heavy (non-hydrogen) atoms. The first kappa shape index (κ1) is 29.6. The second kappa shape index (κ2) is 12.0. The molecule has 0 aromatic heterocycles. The number of hydrogen-bond acceptors (Lipinski definition) is 17. The summed E-state index contributed by atoms with van der Waals surface area (Å²) in [7, 11) is 0. The molecule has 3 aliphatic heterocycles. The van der Waals surface area contributed by atoms with Crippen LogP contribution < -0.4 is 0 Å². The van der Waals surface area contributed by atoms with E-state index in [1.54, 1.807) is 0 Å². The van der Waals surface area contributed by atoms with Crippen LogP contribution in [0.1, 0.15) is 0 Å². The Balaban J connectivity index is 1.48. The molecule has 0 bridgehead atoms. The predicted molar refractivity (Wildman–Crippen MR) is 113 cm³/mol. The zero-order valence-electron chi connectivity index (χ0n) is 19.7. The van der Waals surface area contributed by atoms with Crippen molar-refractivity contribution in [2.24, 2.45) is 5.92 Å². The predicted octanol–water partition coefficient (Wildman–Crippen LogP) is -6.00. The minimum Gasteiger partial charge on any atom is -0.469 e. The molecule has 4 rings (SSSR count). The molecular weight excluding hydrogens is 524 g/mol. The molecule has 0 saturated carbocycles. The maximum absolute atomic E-state index is 10.8. The van der Waals surface area contributed by atoms with Gasteiger partial charge in [0, 0.05) is 0 Å². The third-order valence-electron chi connectivity index (χ3n) is 6.95. The SMILES string of the molecule is OCC1=C[C@@H](O)[C@]2(OO[C@H]3O[C@@H](CO)[C@@H](O)[C@H](O)[C@H]3O)C=CO[C@@H](OO[C@H]3O[C@@H](CO)[C@@H](O)[C@H](O)[C@H]3O)[C@H]12. The Morgan fingerprint density at radius 2 is 1.21 bits per heavy atom. The van der Waals surface area contributed by atoms with Crippen LogP contribution in [0.3, 0.4) is 0 Å². The van der Waals surface area contributed by atoms with Gasteiger partial charge in [-0.25, -0.2) is 9.78 Å². The van der Waals surface area contributed by atoms with Crippen LogP contribution in [0, 0.1) is 5.92 Å². The van der Waals surface area contributed by atoms with Gasteiger partial charge in [0.2, 0.25) is 18.9 Å². The van der Waals surface area contributed by atoms with Gasteiger partial charge in [-0.05, 0) is 11.6 Å². The van der Waals surface area contributed by atoms with Crippen molar-refractivity contribution in [2.45, 2.75) is 79.4 Å². The van der Waals surface area contributed by atoms with E-state index >= 15 is 0 Å². The first-order valence-electron chi connectivity index (χ1n) is 11.7. The largest absolute Gasteiger partial charge is 0.469 e. The van der Waals surface area contributed by atoms with Crippen LogP contribution in [-0.4, -0.2) is 150 Å². The van der Waals surface area contributed by atoms with E-state index in [-0.39, 0.29) is 5.57 Å². The molecule has 0 aromatic rings.